The Morgan fingerprint density at radius 3 is 2.02 bits per heavy atom. The van der Waals surface area contributed by atoms with Crippen molar-refractivity contribution in [2.24, 2.45) is 0 Å². The van der Waals surface area contributed by atoms with E-state index in [0.717, 1.165) is 22.0 Å². The molecule has 4 aromatic rings. The second kappa shape index (κ2) is 14.7. The molecule has 230 valence electrons. The van der Waals surface area contributed by atoms with Crippen LogP contribution in [0.15, 0.2) is 114 Å². The Morgan fingerprint density at radius 1 is 0.818 bits per heavy atom. The molecule has 4 rings (SSSR count). The van der Waals surface area contributed by atoms with Gasteiger partial charge in [0, 0.05) is 24.6 Å². The molecule has 4 aromatic carbocycles. The molecule has 0 aliphatic heterocycles. The smallest absolute Gasteiger partial charge is 0.264 e. The van der Waals surface area contributed by atoms with Gasteiger partial charge in [-0.05, 0) is 61.4 Å². The van der Waals surface area contributed by atoms with Crippen molar-refractivity contribution in [3.05, 3.63) is 132 Å². The number of sulfonamides is 1. The highest BCUT2D eigenvalue weighted by Crippen LogP contribution is 2.25. The van der Waals surface area contributed by atoms with Crippen molar-refractivity contribution in [3.8, 4) is 0 Å². The molecule has 10 heteroatoms. The molecule has 0 bridgehead atoms. The highest BCUT2D eigenvalue weighted by atomic mass is 32.2. The fourth-order valence-corrected chi connectivity index (χ4v) is 6.10. The summed E-state index contributed by atoms with van der Waals surface area (Å²) >= 11 is 0. The van der Waals surface area contributed by atoms with Crippen molar-refractivity contribution in [1.29, 1.82) is 0 Å². The maximum atomic E-state index is 15.0. The fourth-order valence-electron chi connectivity index (χ4n) is 4.66. The van der Waals surface area contributed by atoms with E-state index in [1.807, 2.05) is 44.2 Å². The lowest BCUT2D eigenvalue weighted by atomic mass is 10.0. The van der Waals surface area contributed by atoms with Crippen LogP contribution in [0.4, 0.5) is 14.5 Å². The molecule has 0 heterocycles. The van der Waals surface area contributed by atoms with Crippen LogP contribution < -0.4 is 9.62 Å². The van der Waals surface area contributed by atoms with Crippen molar-refractivity contribution in [1.82, 2.24) is 10.2 Å². The van der Waals surface area contributed by atoms with Crippen LogP contribution >= 0.6 is 0 Å². The number of nitrogens with one attached hydrogen (secondary N) is 1. The van der Waals surface area contributed by atoms with Crippen LogP contribution in [0.5, 0.6) is 0 Å². The number of rotatable bonds is 13. The number of carbonyl (C=O) groups excluding carboxylic acids is 2. The zero-order valence-electron chi connectivity index (χ0n) is 24.6. The average Bonchev–Trinajstić information content (AvgIpc) is 3.03. The molecular formula is C34H35F2N3O4S. The first-order valence-electron chi connectivity index (χ1n) is 14.3. The molecular weight excluding hydrogens is 584 g/mol. The quantitative estimate of drug-likeness (QED) is 0.208. The number of hydrogen-bond acceptors (Lipinski definition) is 4. The van der Waals surface area contributed by atoms with Gasteiger partial charge in [0.1, 0.15) is 24.2 Å². The number of hydrogen-bond donors (Lipinski definition) is 1. The summed E-state index contributed by atoms with van der Waals surface area (Å²) < 4.78 is 57.5. The van der Waals surface area contributed by atoms with E-state index in [1.54, 1.807) is 24.3 Å². The van der Waals surface area contributed by atoms with Gasteiger partial charge in [0.15, 0.2) is 0 Å². The van der Waals surface area contributed by atoms with Gasteiger partial charge >= 0.3 is 0 Å². The zero-order valence-corrected chi connectivity index (χ0v) is 25.4. The Kier molecular flexibility index (Phi) is 10.8. The third kappa shape index (κ3) is 8.08. The predicted octanol–water partition coefficient (Wildman–Crippen LogP) is 5.71. The van der Waals surface area contributed by atoms with Gasteiger partial charge in [0.2, 0.25) is 11.8 Å². The van der Waals surface area contributed by atoms with Crippen molar-refractivity contribution in [2.45, 2.75) is 50.2 Å². The van der Waals surface area contributed by atoms with Gasteiger partial charge in [-0.25, -0.2) is 17.2 Å². The summed E-state index contributed by atoms with van der Waals surface area (Å²) in [5.74, 6) is -2.34. The van der Waals surface area contributed by atoms with E-state index in [2.05, 4.69) is 5.32 Å². The minimum atomic E-state index is -4.32. The minimum absolute atomic E-state index is 0.0538. The maximum Gasteiger partial charge on any atom is 0.264 e. The highest BCUT2D eigenvalue weighted by Gasteiger charge is 2.35. The molecule has 0 aliphatic carbocycles. The summed E-state index contributed by atoms with van der Waals surface area (Å²) in [5, 5.41) is 2.93. The van der Waals surface area contributed by atoms with E-state index >= 15 is 0 Å². The molecule has 0 spiro atoms. The molecule has 7 nitrogen and oxygen atoms in total. The Labute approximate surface area is 257 Å². The second-order valence-corrected chi connectivity index (χ2v) is 12.3. The molecule has 44 heavy (non-hydrogen) atoms. The lowest BCUT2D eigenvalue weighted by Crippen LogP contribution is -2.54. The first-order valence-corrected chi connectivity index (χ1v) is 15.7. The number of nitrogens with zero attached hydrogens (tertiary/aromatic N) is 2. The maximum absolute atomic E-state index is 15.0. The van der Waals surface area contributed by atoms with Gasteiger partial charge in [-0.3, -0.25) is 13.9 Å². The zero-order chi connectivity index (χ0) is 31.7. The average molecular weight is 620 g/mol. The largest absolute Gasteiger partial charge is 0.352 e. The van der Waals surface area contributed by atoms with Gasteiger partial charge in [0.05, 0.1) is 10.6 Å². The van der Waals surface area contributed by atoms with Gasteiger partial charge in [-0.15, -0.1) is 0 Å². The molecule has 2 atom stereocenters. The SMILES string of the molecule is CC[C@@H](C)NC(=O)[C@@H](Cc1ccccc1)N(Cc1ccccc1F)C(=O)CN(c1ccc(F)cc1)S(=O)(=O)c1ccccc1. The van der Waals surface area contributed by atoms with Gasteiger partial charge in [-0.2, -0.15) is 0 Å². The van der Waals surface area contributed by atoms with E-state index in [0.29, 0.717) is 6.42 Å². The summed E-state index contributed by atoms with van der Waals surface area (Å²) in [6.45, 7) is 2.73. The highest BCUT2D eigenvalue weighted by molar-refractivity contribution is 7.92. The van der Waals surface area contributed by atoms with Gasteiger partial charge < -0.3 is 10.2 Å². The molecule has 1 N–H and O–H groups in total. The Morgan fingerprint density at radius 2 is 1.41 bits per heavy atom. The summed E-state index contributed by atoms with van der Waals surface area (Å²) in [6.07, 6.45) is 0.740. The third-order valence-electron chi connectivity index (χ3n) is 7.30. The molecule has 0 aromatic heterocycles. The third-order valence-corrected chi connectivity index (χ3v) is 9.08. The Hall–Kier alpha value is -4.57. The molecule has 0 radical (unpaired) electrons. The first kappa shape index (κ1) is 32.3. The minimum Gasteiger partial charge on any atom is -0.352 e. The molecule has 0 unspecified atom stereocenters. The predicted molar refractivity (Wildman–Crippen MR) is 166 cm³/mol. The number of carbonyl (C=O) groups is 2. The van der Waals surface area contributed by atoms with Crippen LogP contribution in [0.25, 0.3) is 0 Å². The van der Waals surface area contributed by atoms with Crippen molar-refractivity contribution in [2.75, 3.05) is 10.8 Å². The van der Waals surface area contributed by atoms with Crippen LogP contribution in [0, 0.1) is 11.6 Å². The number of amides is 2. The lowest BCUT2D eigenvalue weighted by molar-refractivity contribution is -0.140. The van der Waals surface area contributed by atoms with Crippen LogP contribution in [-0.2, 0) is 32.6 Å². The number of halogens is 2. The summed E-state index contributed by atoms with van der Waals surface area (Å²) in [5.41, 5.74) is 0.975. The van der Waals surface area contributed by atoms with E-state index < -0.39 is 46.1 Å². The number of benzene rings is 4. The molecule has 0 saturated carbocycles. The van der Waals surface area contributed by atoms with Crippen LogP contribution in [0.3, 0.4) is 0 Å². The summed E-state index contributed by atoms with van der Waals surface area (Å²) in [4.78, 5) is 29.2. The molecule has 0 saturated heterocycles. The second-order valence-electron chi connectivity index (χ2n) is 10.4. The van der Waals surface area contributed by atoms with Crippen LogP contribution in [0.1, 0.15) is 31.4 Å². The Bertz CT molecular complexity index is 1650. The summed E-state index contributed by atoms with van der Waals surface area (Å²) in [7, 11) is -4.32. The lowest BCUT2D eigenvalue weighted by Gasteiger charge is -2.34. The topological polar surface area (TPSA) is 86.8 Å². The van der Waals surface area contributed by atoms with Crippen LogP contribution in [0.2, 0.25) is 0 Å². The summed E-state index contributed by atoms with van der Waals surface area (Å²) in [6, 6.07) is 26.0. The molecule has 0 aliphatic rings. The van der Waals surface area contributed by atoms with Crippen molar-refractivity contribution < 1.29 is 26.8 Å². The Balaban J connectivity index is 1.80. The van der Waals surface area contributed by atoms with Crippen LogP contribution in [-0.4, -0.2) is 43.8 Å². The van der Waals surface area contributed by atoms with Gasteiger partial charge in [0.25, 0.3) is 10.0 Å². The van der Waals surface area contributed by atoms with E-state index in [9.17, 15) is 26.8 Å². The van der Waals surface area contributed by atoms with Crippen molar-refractivity contribution in [3.63, 3.8) is 0 Å². The fraction of sp³-hybridized carbons (Fsp3) is 0.235. The van der Waals surface area contributed by atoms with E-state index in [4.69, 9.17) is 0 Å². The molecule has 2 amide bonds. The first-order chi connectivity index (χ1) is 21.1. The monoisotopic (exact) mass is 619 g/mol. The standard InChI is InChI=1S/C34H35F2N3O4S/c1-3-25(2)37-34(41)32(22-26-12-6-4-7-13-26)38(23-27-14-10-11-17-31(27)36)33(40)24-39(29-20-18-28(35)19-21-29)44(42,43)30-15-8-5-9-16-30/h4-21,25,32H,3,22-24H2,1-2H3,(H,37,41)/t25-,32-/m1/s1. The number of anilines is 1. The molecule has 0 fully saturated rings. The van der Waals surface area contributed by atoms with E-state index in [-0.39, 0.29) is 35.2 Å². The van der Waals surface area contributed by atoms with Gasteiger partial charge in [-0.1, -0.05) is 73.7 Å². The van der Waals surface area contributed by atoms with E-state index in [1.165, 1.54) is 47.4 Å². The normalized spacial score (nSPS) is 12.6. The van der Waals surface area contributed by atoms with Crippen molar-refractivity contribution >= 4 is 27.5 Å².